The molecule has 0 radical (unpaired) electrons. The van der Waals surface area contributed by atoms with Gasteiger partial charge in [-0.2, -0.15) is 0 Å². The van der Waals surface area contributed by atoms with Crippen molar-refractivity contribution in [3.63, 3.8) is 0 Å². The van der Waals surface area contributed by atoms with Crippen molar-refractivity contribution in [1.82, 2.24) is 0 Å². The zero-order valence-electron chi connectivity index (χ0n) is 8.44. The van der Waals surface area contributed by atoms with Crippen LogP contribution in [0.15, 0.2) is 24.3 Å². The summed E-state index contributed by atoms with van der Waals surface area (Å²) in [6.45, 7) is 1.61. The summed E-state index contributed by atoms with van der Waals surface area (Å²) in [5, 5.41) is 9.05. The molecule has 0 aliphatic heterocycles. The molecule has 0 spiro atoms. The number of aliphatic hydroxyl groups is 1. The molecule has 4 heteroatoms. The molecule has 0 aliphatic rings. The predicted octanol–water partition coefficient (Wildman–Crippen LogP) is 1.46. The standard InChI is InChI=1S/C11H13FO3/c1-2-15-11(14)10(7-13)8-3-5-9(12)6-4-8/h3-6,10,13H,2,7H2,1H3/t10-/m0/s1. The number of benzene rings is 1. The Kier molecular flexibility index (Phi) is 4.24. The van der Waals surface area contributed by atoms with Gasteiger partial charge in [0.25, 0.3) is 0 Å². The molecule has 0 fully saturated rings. The number of ether oxygens (including phenoxy) is 1. The minimum absolute atomic E-state index is 0.260. The maximum atomic E-state index is 12.6. The van der Waals surface area contributed by atoms with Crippen molar-refractivity contribution in [2.24, 2.45) is 0 Å². The lowest BCUT2D eigenvalue weighted by molar-refractivity contribution is -0.145. The van der Waals surface area contributed by atoms with E-state index in [1.54, 1.807) is 6.92 Å². The fourth-order valence-corrected chi connectivity index (χ4v) is 1.25. The van der Waals surface area contributed by atoms with E-state index in [0.717, 1.165) is 0 Å². The van der Waals surface area contributed by atoms with Crippen LogP contribution in [0, 0.1) is 5.82 Å². The minimum atomic E-state index is -0.731. The smallest absolute Gasteiger partial charge is 0.315 e. The van der Waals surface area contributed by atoms with Crippen LogP contribution in [0.25, 0.3) is 0 Å². The zero-order chi connectivity index (χ0) is 11.3. The van der Waals surface area contributed by atoms with E-state index in [0.29, 0.717) is 5.56 Å². The van der Waals surface area contributed by atoms with E-state index in [1.165, 1.54) is 24.3 Å². The van der Waals surface area contributed by atoms with Gasteiger partial charge in [-0.15, -0.1) is 0 Å². The zero-order valence-corrected chi connectivity index (χ0v) is 8.44. The molecule has 1 rings (SSSR count). The Labute approximate surface area is 87.5 Å². The van der Waals surface area contributed by atoms with E-state index in [-0.39, 0.29) is 19.0 Å². The number of carbonyl (C=O) groups excluding carboxylic acids is 1. The van der Waals surface area contributed by atoms with Crippen LogP contribution in [0.5, 0.6) is 0 Å². The molecule has 1 aromatic rings. The Balaban J connectivity index is 2.82. The summed E-state index contributed by atoms with van der Waals surface area (Å²) in [5.74, 6) is -1.60. The molecule has 0 aromatic heterocycles. The van der Waals surface area contributed by atoms with Gasteiger partial charge in [0.1, 0.15) is 11.7 Å². The second-order valence-electron chi connectivity index (χ2n) is 3.04. The van der Waals surface area contributed by atoms with Crippen molar-refractivity contribution in [2.75, 3.05) is 13.2 Å². The average molecular weight is 212 g/mol. The average Bonchev–Trinajstić information content (AvgIpc) is 2.22. The highest BCUT2D eigenvalue weighted by Crippen LogP contribution is 2.17. The third kappa shape index (κ3) is 3.02. The van der Waals surface area contributed by atoms with Crippen LogP contribution in [-0.2, 0) is 9.53 Å². The number of halogens is 1. The van der Waals surface area contributed by atoms with Crippen LogP contribution in [-0.4, -0.2) is 24.3 Å². The second kappa shape index (κ2) is 5.46. The number of hydrogen-bond acceptors (Lipinski definition) is 3. The first-order valence-corrected chi connectivity index (χ1v) is 4.72. The quantitative estimate of drug-likeness (QED) is 0.769. The summed E-state index contributed by atoms with van der Waals surface area (Å²) >= 11 is 0. The first-order chi connectivity index (χ1) is 7.19. The molecule has 15 heavy (non-hydrogen) atoms. The highest BCUT2D eigenvalue weighted by molar-refractivity contribution is 5.78. The number of aliphatic hydroxyl groups excluding tert-OH is 1. The third-order valence-electron chi connectivity index (χ3n) is 2.03. The highest BCUT2D eigenvalue weighted by Gasteiger charge is 2.20. The summed E-state index contributed by atoms with van der Waals surface area (Å²) in [6.07, 6.45) is 0. The second-order valence-corrected chi connectivity index (χ2v) is 3.04. The first kappa shape index (κ1) is 11.7. The van der Waals surface area contributed by atoms with Crippen LogP contribution in [0.1, 0.15) is 18.4 Å². The Morgan fingerprint density at radius 3 is 2.53 bits per heavy atom. The monoisotopic (exact) mass is 212 g/mol. The summed E-state index contributed by atoms with van der Waals surface area (Å²) in [4.78, 5) is 11.4. The van der Waals surface area contributed by atoms with Gasteiger partial charge in [0.05, 0.1) is 13.2 Å². The highest BCUT2D eigenvalue weighted by atomic mass is 19.1. The molecule has 1 atom stereocenters. The summed E-state index contributed by atoms with van der Waals surface area (Å²) in [5.41, 5.74) is 0.553. The molecule has 0 amide bonds. The maximum Gasteiger partial charge on any atom is 0.315 e. The molecule has 0 saturated heterocycles. The number of hydrogen-bond donors (Lipinski definition) is 1. The van der Waals surface area contributed by atoms with Gasteiger partial charge in [0.15, 0.2) is 0 Å². The van der Waals surface area contributed by atoms with E-state index < -0.39 is 11.9 Å². The Hall–Kier alpha value is -1.42. The fraction of sp³-hybridized carbons (Fsp3) is 0.364. The van der Waals surface area contributed by atoms with Crippen molar-refractivity contribution < 1.29 is 19.0 Å². The van der Waals surface area contributed by atoms with Crippen LogP contribution >= 0.6 is 0 Å². The number of rotatable bonds is 4. The molecule has 0 heterocycles. The van der Waals surface area contributed by atoms with Gasteiger partial charge >= 0.3 is 5.97 Å². The Morgan fingerprint density at radius 2 is 2.07 bits per heavy atom. The van der Waals surface area contributed by atoms with Crippen molar-refractivity contribution in [3.8, 4) is 0 Å². The summed E-state index contributed by atoms with van der Waals surface area (Å²) in [7, 11) is 0. The first-order valence-electron chi connectivity index (χ1n) is 4.72. The normalized spacial score (nSPS) is 12.2. The topological polar surface area (TPSA) is 46.5 Å². The fourth-order valence-electron chi connectivity index (χ4n) is 1.25. The summed E-state index contributed by atoms with van der Waals surface area (Å²) in [6, 6.07) is 5.43. The van der Waals surface area contributed by atoms with E-state index >= 15 is 0 Å². The van der Waals surface area contributed by atoms with Crippen molar-refractivity contribution >= 4 is 5.97 Å². The maximum absolute atomic E-state index is 12.6. The molecule has 1 N–H and O–H groups in total. The lowest BCUT2D eigenvalue weighted by atomic mass is 10.0. The van der Waals surface area contributed by atoms with Gasteiger partial charge in [0.2, 0.25) is 0 Å². The van der Waals surface area contributed by atoms with Gasteiger partial charge < -0.3 is 9.84 Å². The lowest BCUT2D eigenvalue weighted by Crippen LogP contribution is -2.19. The van der Waals surface area contributed by atoms with Crippen LogP contribution < -0.4 is 0 Å². The van der Waals surface area contributed by atoms with E-state index in [1.807, 2.05) is 0 Å². The molecule has 0 unspecified atom stereocenters. The van der Waals surface area contributed by atoms with Gasteiger partial charge in [-0.1, -0.05) is 12.1 Å². The predicted molar refractivity (Wildman–Crippen MR) is 52.9 cm³/mol. The molecular formula is C11H13FO3. The van der Waals surface area contributed by atoms with Crippen LogP contribution in [0.4, 0.5) is 4.39 Å². The molecule has 0 aliphatic carbocycles. The summed E-state index contributed by atoms with van der Waals surface area (Å²) < 4.78 is 17.4. The van der Waals surface area contributed by atoms with Gasteiger partial charge in [0, 0.05) is 0 Å². The van der Waals surface area contributed by atoms with Crippen LogP contribution in [0.2, 0.25) is 0 Å². The van der Waals surface area contributed by atoms with Gasteiger partial charge in [-0.05, 0) is 24.6 Å². The SMILES string of the molecule is CCOC(=O)[C@@H](CO)c1ccc(F)cc1. The molecule has 0 bridgehead atoms. The van der Waals surface area contributed by atoms with Crippen molar-refractivity contribution in [2.45, 2.75) is 12.8 Å². The van der Waals surface area contributed by atoms with E-state index in [4.69, 9.17) is 9.84 Å². The largest absolute Gasteiger partial charge is 0.465 e. The Morgan fingerprint density at radius 1 is 1.47 bits per heavy atom. The molecule has 82 valence electrons. The van der Waals surface area contributed by atoms with E-state index in [9.17, 15) is 9.18 Å². The van der Waals surface area contributed by atoms with Gasteiger partial charge in [-0.3, -0.25) is 4.79 Å². The van der Waals surface area contributed by atoms with Crippen LogP contribution in [0.3, 0.4) is 0 Å². The molecule has 3 nitrogen and oxygen atoms in total. The number of esters is 1. The molecule has 0 saturated carbocycles. The number of carbonyl (C=O) groups is 1. The molecular weight excluding hydrogens is 199 g/mol. The van der Waals surface area contributed by atoms with Gasteiger partial charge in [-0.25, -0.2) is 4.39 Å². The van der Waals surface area contributed by atoms with Crippen molar-refractivity contribution in [3.05, 3.63) is 35.6 Å². The molecule has 1 aromatic carbocycles. The third-order valence-corrected chi connectivity index (χ3v) is 2.03. The van der Waals surface area contributed by atoms with Crippen molar-refractivity contribution in [1.29, 1.82) is 0 Å². The Bertz CT molecular complexity index is 321. The van der Waals surface area contributed by atoms with E-state index in [2.05, 4.69) is 0 Å². The minimum Gasteiger partial charge on any atom is -0.465 e. The lowest BCUT2D eigenvalue weighted by Gasteiger charge is -2.12.